The zero-order chi connectivity index (χ0) is 16.8. The maximum Gasteiger partial charge on any atom is 0.250 e. The Morgan fingerprint density at radius 2 is 2.13 bits per heavy atom. The minimum absolute atomic E-state index is 0.00203. The van der Waals surface area contributed by atoms with Crippen LogP contribution in [0, 0.1) is 16.7 Å². The summed E-state index contributed by atoms with van der Waals surface area (Å²) in [5.41, 5.74) is 3.73. The van der Waals surface area contributed by atoms with Gasteiger partial charge in [-0.3, -0.25) is 4.79 Å². The molecule has 2 saturated carbocycles. The molecule has 1 aromatic rings. The average molecular weight is 314 g/mol. The van der Waals surface area contributed by atoms with Crippen molar-refractivity contribution in [2.24, 2.45) is 21.8 Å². The Kier molecular flexibility index (Phi) is 3.47. The quantitative estimate of drug-likeness (QED) is 0.347. The number of carbonyl (C=O) groups is 1. The highest BCUT2D eigenvalue weighted by Gasteiger charge is 2.60. The number of nitrogens with one attached hydrogen (secondary N) is 1. The van der Waals surface area contributed by atoms with Crippen LogP contribution in [-0.2, 0) is 4.79 Å². The van der Waals surface area contributed by atoms with E-state index in [1.54, 1.807) is 6.07 Å². The molecule has 2 aliphatic carbocycles. The van der Waals surface area contributed by atoms with E-state index in [9.17, 15) is 15.0 Å². The van der Waals surface area contributed by atoms with E-state index >= 15 is 0 Å². The molecule has 2 bridgehead atoms. The maximum atomic E-state index is 12.7. The molecule has 0 heterocycles. The Bertz CT molecular complexity index is 708. The molecule has 0 aromatic heterocycles. The number of amides is 1. The van der Waals surface area contributed by atoms with Crippen molar-refractivity contribution in [3.8, 4) is 11.5 Å². The smallest absolute Gasteiger partial charge is 0.250 e. The van der Waals surface area contributed by atoms with Crippen LogP contribution in [0.1, 0.15) is 38.7 Å². The van der Waals surface area contributed by atoms with E-state index in [-0.39, 0.29) is 22.8 Å². The first-order valence-electron chi connectivity index (χ1n) is 7.83. The predicted octanol–water partition coefficient (Wildman–Crippen LogP) is 2.93. The molecule has 5 nitrogen and oxygen atoms in total. The number of phenols is 2. The van der Waals surface area contributed by atoms with Gasteiger partial charge in [0.05, 0.1) is 11.6 Å². The number of hydrogen-bond donors (Lipinski definition) is 3. The second-order valence-electron chi connectivity index (χ2n) is 7.17. The van der Waals surface area contributed by atoms with Crippen molar-refractivity contribution in [2.45, 2.75) is 33.1 Å². The van der Waals surface area contributed by atoms with E-state index in [4.69, 9.17) is 0 Å². The summed E-state index contributed by atoms with van der Waals surface area (Å²) >= 11 is 0. The summed E-state index contributed by atoms with van der Waals surface area (Å²) in [6.07, 6.45) is 4.18. The first-order valence-corrected chi connectivity index (χ1v) is 7.83. The lowest BCUT2D eigenvalue weighted by atomic mass is 9.68. The molecule has 0 aliphatic heterocycles. The number of phenolic OH excluding ortho intramolecular Hbond substituents is 2. The van der Waals surface area contributed by atoms with Crippen molar-refractivity contribution in [1.29, 1.82) is 0 Å². The van der Waals surface area contributed by atoms with E-state index in [2.05, 4.69) is 31.0 Å². The second kappa shape index (κ2) is 5.11. The molecule has 2 aliphatic rings. The van der Waals surface area contributed by atoms with Gasteiger partial charge in [0.15, 0.2) is 11.5 Å². The molecule has 3 N–H and O–H groups in total. The molecule has 0 spiro atoms. The van der Waals surface area contributed by atoms with Crippen LogP contribution >= 0.6 is 0 Å². The van der Waals surface area contributed by atoms with Gasteiger partial charge in [-0.2, -0.15) is 5.10 Å². The van der Waals surface area contributed by atoms with E-state index in [0.717, 1.165) is 24.8 Å². The van der Waals surface area contributed by atoms with Crippen LogP contribution in [0.2, 0.25) is 0 Å². The van der Waals surface area contributed by atoms with Crippen LogP contribution in [-0.4, -0.2) is 22.3 Å². The number of aromatic hydroxyl groups is 2. The van der Waals surface area contributed by atoms with Gasteiger partial charge in [-0.05, 0) is 54.4 Å². The molecule has 1 amide bonds. The van der Waals surface area contributed by atoms with Gasteiger partial charge in [0.2, 0.25) is 5.91 Å². The minimum Gasteiger partial charge on any atom is -0.504 e. The highest BCUT2D eigenvalue weighted by atomic mass is 16.3. The van der Waals surface area contributed by atoms with Gasteiger partial charge in [0, 0.05) is 0 Å². The lowest BCUT2D eigenvalue weighted by Gasteiger charge is -2.36. The Morgan fingerprint density at radius 3 is 2.74 bits per heavy atom. The standard InChI is InChI=1S/C18H22N2O3/c1-11-17(2,3)13-6-7-18(11,9-13)16(23)20-19-10-12-4-5-14(21)15(22)8-12/h4-5,8,10,13,21-22H,1,6-7,9H2,2-3H3,(H,20,23). The Morgan fingerprint density at radius 1 is 1.39 bits per heavy atom. The fourth-order valence-electron chi connectivity index (χ4n) is 4.04. The maximum absolute atomic E-state index is 12.7. The van der Waals surface area contributed by atoms with Gasteiger partial charge in [-0.25, -0.2) is 5.43 Å². The second-order valence-corrected chi connectivity index (χ2v) is 7.17. The summed E-state index contributed by atoms with van der Waals surface area (Å²) in [5, 5.41) is 22.7. The fraction of sp³-hybridized carbons (Fsp3) is 0.444. The average Bonchev–Trinajstić information content (AvgIpc) is 3.03. The molecule has 5 heteroatoms. The van der Waals surface area contributed by atoms with Crippen LogP contribution in [0.15, 0.2) is 35.5 Å². The Labute approximate surface area is 135 Å². The SMILES string of the molecule is C=C1C2(C(=O)NN=Cc3ccc(O)c(O)c3)CCC(C2)C1(C)C. The number of carbonyl (C=O) groups excluding carboxylic acids is 1. The van der Waals surface area contributed by atoms with Crippen LogP contribution < -0.4 is 5.43 Å². The highest BCUT2D eigenvalue weighted by Crippen LogP contribution is 2.65. The van der Waals surface area contributed by atoms with Gasteiger partial charge in [0.25, 0.3) is 0 Å². The van der Waals surface area contributed by atoms with Gasteiger partial charge < -0.3 is 10.2 Å². The first-order chi connectivity index (χ1) is 10.8. The zero-order valence-electron chi connectivity index (χ0n) is 13.5. The summed E-state index contributed by atoms with van der Waals surface area (Å²) in [4.78, 5) is 12.7. The van der Waals surface area contributed by atoms with Crippen molar-refractivity contribution >= 4 is 12.1 Å². The highest BCUT2D eigenvalue weighted by molar-refractivity contribution is 5.89. The lowest BCUT2D eigenvalue weighted by molar-refractivity contribution is -0.128. The monoisotopic (exact) mass is 314 g/mol. The largest absolute Gasteiger partial charge is 0.504 e. The third-order valence-electron chi connectivity index (χ3n) is 5.70. The predicted molar refractivity (Wildman–Crippen MR) is 88.2 cm³/mol. The lowest BCUT2D eigenvalue weighted by Crippen LogP contribution is -2.39. The van der Waals surface area contributed by atoms with Crippen molar-refractivity contribution in [3.63, 3.8) is 0 Å². The molecule has 23 heavy (non-hydrogen) atoms. The van der Waals surface area contributed by atoms with Gasteiger partial charge in [-0.15, -0.1) is 0 Å². The normalized spacial score (nSPS) is 28.4. The van der Waals surface area contributed by atoms with Gasteiger partial charge in [0.1, 0.15) is 0 Å². The summed E-state index contributed by atoms with van der Waals surface area (Å²) in [5.74, 6) is 0.00332. The molecule has 2 atom stereocenters. The van der Waals surface area contributed by atoms with Crippen LogP contribution in [0.5, 0.6) is 11.5 Å². The molecule has 0 radical (unpaired) electrons. The summed E-state index contributed by atoms with van der Waals surface area (Å²) in [6, 6.07) is 4.36. The Balaban J connectivity index is 1.71. The topological polar surface area (TPSA) is 81.9 Å². The number of nitrogens with zero attached hydrogens (tertiary/aromatic N) is 1. The zero-order valence-corrected chi connectivity index (χ0v) is 13.5. The van der Waals surface area contributed by atoms with E-state index in [1.807, 2.05) is 0 Å². The van der Waals surface area contributed by atoms with E-state index in [0.29, 0.717) is 11.5 Å². The molecule has 2 fully saturated rings. The summed E-state index contributed by atoms with van der Waals surface area (Å²) in [6.45, 7) is 8.52. The van der Waals surface area contributed by atoms with Gasteiger partial charge >= 0.3 is 0 Å². The summed E-state index contributed by atoms with van der Waals surface area (Å²) in [7, 11) is 0. The van der Waals surface area contributed by atoms with Gasteiger partial charge in [-0.1, -0.05) is 26.0 Å². The van der Waals surface area contributed by atoms with Crippen LogP contribution in [0.4, 0.5) is 0 Å². The third kappa shape index (κ3) is 2.31. The number of benzene rings is 1. The van der Waals surface area contributed by atoms with Crippen molar-refractivity contribution in [3.05, 3.63) is 35.9 Å². The molecule has 3 rings (SSSR count). The molecule has 122 valence electrons. The molecular formula is C18H22N2O3. The van der Waals surface area contributed by atoms with Crippen LogP contribution in [0.3, 0.4) is 0 Å². The first kappa shape index (κ1) is 15.6. The number of hydrazone groups is 1. The van der Waals surface area contributed by atoms with Crippen LogP contribution in [0.25, 0.3) is 0 Å². The molecular weight excluding hydrogens is 292 g/mol. The van der Waals surface area contributed by atoms with E-state index < -0.39 is 5.41 Å². The molecule has 0 saturated heterocycles. The molecule has 2 unspecified atom stereocenters. The third-order valence-corrected chi connectivity index (χ3v) is 5.70. The van der Waals surface area contributed by atoms with Crippen molar-refractivity contribution in [1.82, 2.24) is 5.43 Å². The number of hydrogen-bond acceptors (Lipinski definition) is 4. The summed E-state index contributed by atoms with van der Waals surface area (Å²) < 4.78 is 0. The fourth-order valence-corrected chi connectivity index (χ4v) is 4.04. The molecule has 1 aromatic carbocycles. The van der Waals surface area contributed by atoms with E-state index in [1.165, 1.54) is 18.3 Å². The number of rotatable bonds is 3. The van der Waals surface area contributed by atoms with Crippen molar-refractivity contribution < 1.29 is 15.0 Å². The minimum atomic E-state index is -0.497. The Hall–Kier alpha value is -2.30. The number of fused-ring (bicyclic) bond motifs is 2. The van der Waals surface area contributed by atoms with Crippen molar-refractivity contribution in [2.75, 3.05) is 0 Å².